The second-order valence-corrected chi connectivity index (χ2v) is 6.82. The zero-order valence-electron chi connectivity index (χ0n) is 15.0. The van der Waals surface area contributed by atoms with Gasteiger partial charge in [0.2, 0.25) is 0 Å². The Hall–Kier alpha value is -2.87. The highest BCUT2D eigenvalue weighted by Gasteiger charge is 2.30. The summed E-state index contributed by atoms with van der Waals surface area (Å²) in [5, 5.41) is 0. The van der Waals surface area contributed by atoms with Gasteiger partial charge in [-0.05, 0) is 37.3 Å². The smallest absolute Gasteiger partial charge is 0.416 e. The average molecular weight is 406 g/mol. The molecule has 0 aliphatic carbocycles. The van der Waals surface area contributed by atoms with E-state index in [4.69, 9.17) is 4.74 Å². The number of para-hydroxylation sites is 1. The number of allylic oxidation sites excluding steroid dienone is 1. The molecule has 0 atom stereocenters. The standard InChI is InChI=1S/C20H17F3N2O2S/c1-3-11-25-17-15(27-4-2)9-6-10-16(17)28-19(25)24-18(26)13-7-5-8-14(12-13)20(21,22)23/h3,5-10,12H,1,4,11H2,2H3. The van der Waals surface area contributed by atoms with Crippen LogP contribution in [0.2, 0.25) is 0 Å². The number of hydrogen-bond acceptors (Lipinski definition) is 3. The number of ether oxygens (including phenoxy) is 1. The molecule has 0 N–H and O–H groups in total. The minimum absolute atomic E-state index is 0.123. The van der Waals surface area contributed by atoms with Gasteiger partial charge in [-0.3, -0.25) is 4.79 Å². The van der Waals surface area contributed by atoms with E-state index in [9.17, 15) is 18.0 Å². The Labute approximate surface area is 163 Å². The van der Waals surface area contributed by atoms with Crippen LogP contribution in [-0.4, -0.2) is 17.1 Å². The van der Waals surface area contributed by atoms with Gasteiger partial charge in [-0.15, -0.1) is 6.58 Å². The normalized spacial score (nSPS) is 12.4. The summed E-state index contributed by atoms with van der Waals surface area (Å²) in [5.41, 5.74) is -0.241. The van der Waals surface area contributed by atoms with Crippen LogP contribution in [0.5, 0.6) is 5.75 Å². The summed E-state index contributed by atoms with van der Waals surface area (Å²) in [7, 11) is 0. The summed E-state index contributed by atoms with van der Waals surface area (Å²) in [5.74, 6) is -0.0977. The maximum Gasteiger partial charge on any atom is 0.416 e. The second kappa shape index (κ2) is 8.02. The molecular formula is C20H17F3N2O2S. The molecule has 0 saturated heterocycles. The van der Waals surface area contributed by atoms with Crippen molar-refractivity contribution in [2.75, 3.05) is 6.61 Å². The molecule has 0 spiro atoms. The van der Waals surface area contributed by atoms with Gasteiger partial charge in [-0.2, -0.15) is 18.2 Å². The molecule has 1 aromatic heterocycles. The molecule has 3 rings (SSSR count). The highest BCUT2D eigenvalue weighted by atomic mass is 32.1. The lowest BCUT2D eigenvalue weighted by Gasteiger charge is -2.08. The molecule has 0 radical (unpaired) electrons. The van der Waals surface area contributed by atoms with Crippen LogP contribution >= 0.6 is 11.3 Å². The van der Waals surface area contributed by atoms with Crippen LogP contribution in [0, 0.1) is 0 Å². The summed E-state index contributed by atoms with van der Waals surface area (Å²) >= 11 is 1.26. The molecule has 4 nitrogen and oxygen atoms in total. The van der Waals surface area contributed by atoms with Gasteiger partial charge in [0.25, 0.3) is 5.91 Å². The number of fused-ring (bicyclic) bond motifs is 1. The van der Waals surface area contributed by atoms with Gasteiger partial charge in [-0.1, -0.05) is 29.5 Å². The molecule has 146 valence electrons. The Bertz CT molecular complexity index is 1100. The third kappa shape index (κ3) is 4.01. The Morgan fingerprint density at radius 1 is 1.29 bits per heavy atom. The number of halogens is 3. The first kappa shape index (κ1) is 19.9. The van der Waals surface area contributed by atoms with Crippen molar-refractivity contribution in [2.45, 2.75) is 19.6 Å². The third-order valence-electron chi connectivity index (χ3n) is 3.91. The number of amides is 1. The van der Waals surface area contributed by atoms with Crippen molar-refractivity contribution in [3.8, 4) is 5.75 Å². The second-order valence-electron chi connectivity index (χ2n) is 5.82. The van der Waals surface area contributed by atoms with Gasteiger partial charge < -0.3 is 9.30 Å². The van der Waals surface area contributed by atoms with E-state index < -0.39 is 17.6 Å². The van der Waals surface area contributed by atoms with E-state index in [2.05, 4.69) is 11.6 Å². The van der Waals surface area contributed by atoms with Crippen LogP contribution in [0.3, 0.4) is 0 Å². The lowest BCUT2D eigenvalue weighted by molar-refractivity contribution is -0.137. The molecule has 1 amide bonds. The first-order chi connectivity index (χ1) is 13.3. The molecule has 0 fully saturated rings. The van der Waals surface area contributed by atoms with Crippen molar-refractivity contribution < 1.29 is 22.7 Å². The fourth-order valence-electron chi connectivity index (χ4n) is 2.73. The lowest BCUT2D eigenvalue weighted by Crippen LogP contribution is -2.17. The Morgan fingerprint density at radius 2 is 2.04 bits per heavy atom. The van der Waals surface area contributed by atoms with Gasteiger partial charge in [0, 0.05) is 12.1 Å². The van der Waals surface area contributed by atoms with Crippen LogP contribution in [0.4, 0.5) is 13.2 Å². The van der Waals surface area contributed by atoms with E-state index in [-0.39, 0.29) is 5.56 Å². The molecule has 0 aliphatic heterocycles. The van der Waals surface area contributed by atoms with Crippen LogP contribution in [0.1, 0.15) is 22.8 Å². The quantitative estimate of drug-likeness (QED) is 0.557. The van der Waals surface area contributed by atoms with E-state index in [1.165, 1.54) is 23.5 Å². The predicted molar refractivity (Wildman–Crippen MR) is 103 cm³/mol. The molecular weight excluding hydrogens is 389 g/mol. The fourth-order valence-corrected chi connectivity index (χ4v) is 3.79. The molecule has 0 aliphatic rings. The predicted octanol–water partition coefficient (Wildman–Crippen LogP) is 5.05. The number of nitrogens with zero attached hydrogens (tertiary/aromatic N) is 2. The topological polar surface area (TPSA) is 43.6 Å². The van der Waals surface area contributed by atoms with Crippen molar-refractivity contribution >= 4 is 27.5 Å². The van der Waals surface area contributed by atoms with Gasteiger partial charge in [0.05, 0.1) is 16.9 Å². The monoisotopic (exact) mass is 406 g/mol. The number of hydrogen-bond donors (Lipinski definition) is 0. The number of carbonyl (C=O) groups is 1. The van der Waals surface area contributed by atoms with Gasteiger partial charge in [0.15, 0.2) is 4.80 Å². The molecule has 0 saturated carbocycles. The molecule has 0 bridgehead atoms. The molecule has 28 heavy (non-hydrogen) atoms. The molecule has 8 heteroatoms. The van der Waals surface area contributed by atoms with Crippen molar-refractivity contribution in [3.63, 3.8) is 0 Å². The van der Waals surface area contributed by atoms with Crippen molar-refractivity contribution in [1.82, 2.24) is 4.57 Å². The Balaban J connectivity index is 2.14. The maximum atomic E-state index is 12.9. The van der Waals surface area contributed by atoms with Crippen molar-refractivity contribution in [2.24, 2.45) is 4.99 Å². The minimum Gasteiger partial charge on any atom is -0.492 e. The van der Waals surface area contributed by atoms with E-state index in [1.807, 2.05) is 25.1 Å². The zero-order valence-corrected chi connectivity index (χ0v) is 15.8. The summed E-state index contributed by atoms with van der Waals surface area (Å²) in [4.78, 5) is 17.0. The number of alkyl halides is 3. The summed E-state index contributed by atoms with van der Waals surface area (Å²) in [6.45, 7) is 6.44. The number of aromatic nitrogens is 1. The first-order valence-corrected chi connectivity index (χ1v) is 9.29. The number of carbonyl (C=O) groups excluding carboxylic acids is 1. The van der Waals surface area contributed by atoms with Crippen LogP contribution in [0.25, 0.3) is 10.2 Å². The largest absolute Gasteiger partial charge is 0.492 e. The summed E-state index contributed by atoms with van der Waals surface area (Å²) in [6.07, 6.45) is -2.87. The van der Waals surface area contributed by atoms with Gasteiger partial charge >= 0.3 is 6.18 Å². The van der Waals surface area contributed by atoms with Gasteiger partial charge in [-0.25, -0.2) is 0 Å². The van der Waals surface area contributed by atoms with Gasteiger partial charge in [0.1, 0.15) is 11.3 Å². The van der Waals surface area contributed by atoms with E-state index >= 15 is 0 Å². The maximum absolute atomic E-state index is 12.9. The molecule has 1 heterocycles. The van der Waals surface area contributed by atoms with Crippen molar-refractivity contribution in [3.05, 3.63) is 71.0 Å². The highest BCUT2D eigenvalue weighted by molar-refractivity contribution is 7.16. The Kier molecular flexibility index (Phi) is 5.69. The van der Waals surface area contributed by atoms with Crippen LogP contribution in [0.15, 0.2) is 60.1 Å². The first-order valence-electron chi connectivity index (χ1n) is 8.47. The van der Waals surface area contributed by atoms with Crippen molar-refractivity contribution in [1.29, 1.82) is 0 Å². The molecule has 2 aromatic carbocycles. The van der Waals surface area contributed by atoms with Crippen LogP contribution in [-0.2, 0) is 12.7 Å². The van der Waals surface area contributed by atoms with E-state index in [0.717, 1.165) is 22.3 Å². The fraction of sp³-hybridized carbons (Fsp3) is 0.200. The van der Waals surface area contributed by atoms with Crippen LogP contribution < -0.4 is 9.54 Å². The summed E-state index contributed by atoms with van der Waals surface area (Å²) < 4.78 is 47.0. The highest BCUT2D eigenvalue weighted by Crippen LogP contribution is 2.30. The van der Waals surface area contributed by atoms with E-state index in [1.54, 1.807) is 10.6 Å². The number of benzene rings is 2. The molecule has 3 aromatic rings. The number of thiazole rings is 1. The minimum atomic E-state index is -4.52. The third-order valence-corrected chi connectivity index (χ3v) is 4.95. The lowest BCUT2D eigenvalue weighted by atomic mass is 10.1. The zero-order chi connectivity index (χ0) is 20.3. The van der Waals surface area contributed by atoms with E-state index in [0.29, 0.717) is 23.7 Å². The SMILES string of the molecule is C=CCn1c(=NC(=O)c2cccc(C(F)(F)F)c2)sc2cccc(OCC)c21. The Morgan fingerprint density at radius 3 is 2.71 bits per heavy atom. The molecule has 0 unspecified atom stereocenters. The average Bonchev–Trinajstić information content (AvgIpc) is 3.00. The number of rotatable bonds is 5. The summed E-state index contributed by atoms with van der Waals surface area (Å²) in [6, 6.07) is 9.76.